The van der Waals surface area contributed by atoms with Crippen LogP contribution in [-0.2, 0) is 4.74 Å². The average molecular weight is 253 g/mol. The molecule has 1 aromatic heterocycles. The summed E-state index contributed by atoms with van der Waals surface area (Å²) in [6.07, 6.45) is 0. The number of halogens is 1. The molecule has 0 unspecified atom stereocenters. The lowest BCUT2D eigenvalue weighted by atomic mass is 10.2. The molecule has 5 nitrogen and oxygen atoms in total. The molecule has 17 heavy (non-hydrogen) atoms. The predicted octanol–water partition coefficient (Wildman–Crippen LogP) is 2.57. The molecule has 0 amide bonds. The molecule has 0 spiro atoms. The van der Waals surface area contributed by atoms with Crippen LogP contribution in [0.4, 0.5) is 0 Å². The van der Waals surface area contributed by atoms with Gasteiger partial charge in [-0.25, -0.2) is 4.79 Å². The van der Waals surface area contributed by atoms with Crippen molar-refractivity contribution in [2.45, 2.75) is 6.92 Å². The molecule has 0 aliphatic rings. The van der Waals surface area contributed by atoms with Crippen LogP contribution in [0.3, 0.4) is 0 Å². The minimum Gasteiger partial charge on any atom is -0.459 e. The molecule has 2 rings (SSSR count). The number of hydrogen-bond acceptors (Lipinski definition) is 5. The summed E-state index contributed by atoms with van der Waals surface area (Å²) in [5, 5.41) is 4.17. The highest BCUT2D eigenvalue weighted by Gasteiger charge is 2.17. The average Bonchev–Trinajstić information content (AvgIpc) is 2.79. The Kier molecular flexibility index (Phi) is 3.39. The predicted molar refractivity (Wildman–Crippen MR) is 60.7 cm³/mol. The molecule has 0 aliphatic carbocycles. The lowest BCUT2D eigenvalue weighted by Gasteiger charge is -1.96. The molecule has 6 heteroatoms. The molecule has 0 radical (unpaired) electrons. The van der Waals surface area contributed by atoms with Crippen LogP contribution in [-0.4, -0.2) is 22.7 Å². The molecular formula is C11H9ClN2O3. The van der Waals surface area contributed by atoms with Crippen molar-refractivity contribution >= 4 is 17.6 Å². The largest absolute Gasteiger partial charge is 0.459 e. The Bertz CT molecular complexity index is 539. The van der Waals surface area contributed by atoms with E-state index in [1.54, 1.807) is 31.2 Å². The van der Waals surface area contributed by atoms with Crippen LogP contribution in [0.15, 0.2) is 28.8 Å². The molecule has 0 aliphatic heterocycles. The minimum atomic E-state index is -0.640. The third-order valence-corrected chi connectivity index (χ3v) is 2.32. The first-order chi connectivity index (χ1) is 8.22. The Morgan fingerprint density at radius 1 is 1.47 bits per heavy atom. The normalized spacial score (nSPS) is 10.2. The van der Waals surface area contributed by atoms with E-state index in [0.29, 0.717) is 10.6 Å². The lowest BCUT2D eigenvalue weighted by molar-refractivity contribution is 0.0470. The Morgan fingerprint density at radius 3 is 2.94 bits per heavy atom. The molecule has 1 aromatic carbocycles. The van der Waals surface area contributed by atoms with E-state index in [2.05, 4.69) is 10.1 Å². The molecule has 2 aromatic rings. The van der Waals surface area contributed by atoms with Crippen molar-refractivity contribution < 1.29 is 14.1 Å². The van der Waals surface area contributed by atoms with Gasteiger partial charge in [-0.1, -0.05) is 28.9 Å². The first-order valence-electron chi connectivity index (χ1n) is 4.98. The zero-order valence-electron chi connectivity index (χ0n) is 9.01. The van der Waals surface area contributed by atoms with E-state index in [1.165, 1.54) is 0 Å². The Morgan fingerprint density at radius 2 is 2.24 bits per heavy atom. The van der Waals surface area contributed by atoms with Gasteiger partial charge in [-0.15, -0.1) is 0 Å². The summed E-state index contributed by atoms with van der Waals surface area (Å²) < 4.78 is 9.53. The number of rotatable bonds is 3. The third kappa shape index (κ3) is 2.45. The number of benzene rings is 1. The van der Waals surface area contributed by atoms with E-state index in [-0.39, 0.29) is 18.3 Å². The van der Waals surface area contributed by atoms with E-state index < -0.39 is 5.97 Å². The fraction of sp³-hybridized carbons (Fsp3) is 0.182. The van der Waals surface area contributed by atoms with Gasteiger partial charge in [0, 0.05) is 5.56 Å². The Hall–Kier alpha value is -1.88. The highest BCUT2D eigenvalue weighted by molar-refractivity contribution is 6.33. The van der Waals surface area contributed by atoms with Crippen molar-refractivity contribution in [2.75, 3.05) is 6.61 Å². The molecule has 88 valence electrons. The van der Waals surface area contributed by atoms with E-state index in [4.69, 9.17) is 20.9 Å². The standard InChI is InChI=1S/C11H9ClN2O3/c1-2-16-11(15)10-13-9(14-17-10)7-5-3-4-6-8(7)12/h3-6H,2H2,1H3. The van der Waals surface area contributed by atoms with Gasteiger partial charge in [0.2, 0.25) is 5.82 Å². The van der Waals surface area contributed by atoms with Gasteiger partial charge in [0.25, 0.3) is 0 Å². The number of hydrogen-bond donors (Lipinski definition) is 0. The van der Waals surface area contributed by atoms with Crippen molar-refractivity contribution in [3.63, 3.8) is 0 Å². The maximum absolute atomic E-state index is 11.3. The van der Waals surface area contributed by atoms with Gasteiger partial charge in [-0.05, 0) is 19.1 Å². The fourth-order valence-corrected chi connectivity index (χ4v) is 1.47. The van der Waals surface area contributed by atoms with Crippen molar-refractivity contribution in [3.05, 3.63) is 35.2 Å². The summed E-state index contributed by atoms with van der Waals surface area (Å²) in [4.78, 5) is 15.2. The lowest BCUT2D eigenvalue weighted by Crippen LogP contribution is -2.04. The number of esters is 1. The summed E-state index contributed by atoms with van der Waals surface area (Å²) in [7, 11) is 0. The summed E-state index contributed by atoms with van der Waals surface area (Å²) in [5.41, 5.74) is 0.605. The smallest absolute Gasteiger partial charge is 0.397 e. The monoisotopic (exact) mass is 252 g/mol. The van der Waals surface area contributed by atoms with E-state index in [0.717, 1.165) is 0 Å². The zero-order valence-corrected chi connectivity index (χ0v) is 9.77. The van der Waals surface area contributed by atoms with Crippen LogP contribution < -0.4 is 0 Å². The molecule has 0 bridgehead atoms. The third-order valence-electron chi connectivity index (χ3n) is 1.99. The van der Waals surface area contributed by atoms with Gasteiger partial charge in [-0.3, -0.25) is 0 Å². The van der Waals surface area contributed by atoms with E-state index in [9.17, 15) is 4.79 Å². The molecule has 0 saturated heterocycles. The van der Waals surface area contributed by atoms with Gasteiger partial charge < -0.3 is 9.26 Å². The summed E-state index contributed by atoms with van der Waals surface area (Å²) in [6, 6.07) is 7.03. The molecule has 1 heterocycles. The van der Waals surface area contributed by atoms with E-state index in [1.807, 2.05) is 0 Å². The molecule has 0 atom stereocenters. The quantitative estimate of drug-likeness (QED) is 0.786. The van der Waals surface area contributed by atoms with Gasteiger partial charge in [-0.2, -0.15) is 4.98 Å². The first kappa shape index (κ1) is 11.6. The van der Waals surface area contributed by atoms with Crippen molar-refractivity contribution in [3.8, 4) is 11.4 Å². The fourth-order valence-electron chi connectivity index (χ4n) is 1.25. The van der Waals surface area contributed by atoms with Gasteiger partial charge in [0.1, 0.15) is 0 Å². The summed E-state index contributed by atoms with van der Waals surface area (Å²) >= 11 is 5.97. The number of aromatic nitrogens is 2. The topological polar surface area (TPSA) is 65.2 Å². The first-order valence-corrected chi connectivity index (χ1v) is 5.36. The van der Waals surface area contributed by atoms with Crippen LogP contribution in [0.1, 0.15) is 17.6 Å². The SMILES string of the molecule is CCOC(=O)c1nc(-c2ccccc2Cl)no1. The van der Waals surface area contributed by atoms with Gasteiger partial charge in [0.05, 0.1) is 11.6 Å². The minimum absolute atomic E-state index is 0.179. The number of nitrogens with zero attached hydrogens (tertiary/aromatic N) is 2. The van der Waals surface area contributed by atoms with Crippen LogP contribution >= 0.6 is 11.6 Å². The second-order valence-electron chi connectivity index (χ2n) is 3.12. The highest BCUT2D eigenvalue weighted by Crippen LogP contribution is 2.24. The van der Waals surface area contributed by atoms with Crippen LogP contribution in [0.2, 0.25) is 5.02 Å². The van der Waals surface area contributed by atoms with Gasteiger partial charge in [0.15, 0.2) is 0 Å². The maximum Gasteiger partial charge on any atom is 0.397 e. The summed E-state index contributed by atoms with van der Waals surface area (Å²) in [5.74, 6) is -0.557. The molecule has 0 N–H and O–H groups in total. The highest BCUT2D eigenvalue weighted by atomic mass is 35.5. The van der Waals surface area contributed by atoms with Crippen molar-refractivity contribution in [2.24, 2.45) is 0 Å². The zero-order chi connectivity index (χ0) is 12.3. The Balaban J connectivity index is 2.30. The maximum atomic E-state index is 11.3. The van der Waals surface area contributed by atoms with Crippen LogP contribution in [0.5, 0.6) is 0 Å². The van der Waals surface area contributed by atoms with Crippen LogP contribution in [0, 0.1) is 0 Å². The summed E-state index contributed by atoms with van der Waals surface area (Å²) in [6.45, 7) is 1.95. The molecular weight excluding hydrogens is 244 g/mol. The Labute approximate surface area is 102 Å². The molecule has 0 saturated carbocycles. The van der Waals surface area contributed by atoms with Gasteiger partial charge >= 0.3 is 11.9 Å². The number of carbonyl (C=O) groups excluding carboxylic acids is 1. The van der Waals surface area contributed by atoms with Crippen molar-refractivity contribution in [1.29, 1.82) is 0 Å². The second kappa shape index (κ2) is 4.97. The number of ether oxygens (including phenoxy) is 1. The van der Waals surface area contributed by atoms with E-state index >= 15 is 0 Å². The van der Waals surface area contributed by atoms with Crippen LogP contribution in [0.25, 0.3) is 11.4 Å². The second-order valence-corrected chi connectivity index (χ2v) is 3.53. The molecule has 0 fully saturated rings. The number of carbonyl (C=O) groups is 1. The van der Waals surface area contributed by atoms with Crippen molar-refractivity contribution in [1.82, 2.24) is 10.1 Å².